The summed E-state index contributed by atoms with van der Waals surface area (Å²) < 4.78 is 61.0. The third kappa shape index (κ3) is 3.74. The van der Waals surface area contributed by atoms with E-state index in [9.17, 15) is 26.4 Å². The van der Waals surface area contributed by atoms with Crippen LogP contribution in [0, 0.1) is 5.92 Å². The van der Waals surface area contributed by atoms with E-state index in [0.717, 1.165) is 13.1 Å². The van der Waals surface area contributed by atoms with Gasteiger partial charge >= 0.3 is 6.18 Å². The highest BCUT2D eigenvalue weighted by atomic mass is 32.2. The summed E-state index contributed by atoms with van der Waals surface area (Å²) in [5, 5.41) is 5.89. The van der Waals surface area contributed by atoms with Crippen molar-refractivity contribution in [2.75, 3.05) is 16.8 Å². The van der Waals surface area contributed by atoms with Crippen LogP contribution < -0.4 is 5.32 Å². The van der Waals surface area contributed by atoms with E-state index in [0.29, 0.717) is 4.68 Å². The lowest BCUT2D eigenvalue weighted by molar-refractivity contribution is -0.143. The number of alkyl halides is 3. The normalized spacial score (nSPS) is 19.4. The topological polar surface area (TPSA) is 81.1 Å². The molecule has 0 unspecified atom stereocenters. The molecule has 0 saturated carbocycles. The lowest BCUT2D eigenvalue weighted by Gasteiger charge is -2.20. The van der Waals surface area contributed by atoms with Gasteiger partial charge in [0.15, 0.2) is 5.82 Å². The van der Waals surface area contributed by atoms with Crippen LogP contribution in [0.2, 0.25) is 0 Å². The van der Waals surface area contributed by atoms with Gasteiger partial charge in [0.25, 0.3) is 0 Å². The van der Waals surface area contributed by atoms with Crippen LogP contribution in [0.5, 0.6) is 0 Å². The fraction of sp³-hybridized carbons (Fsp3) is 0.636. The molecule has 1 aliphatic heterocycles. The van der Waals surface area contributed by atoms with Crippen molar-refractivity contribution in [2.24, 2.45) is 13.0 Å². The second-order valence-corrected chi connectivity index (χ2v) is 7.26. The first kappa shape index (κ1) is 15.8. The Bertz CT molecular complexity index is 637. The number of carbonyl (C=O) groups is 1. The number of hydrogen-bond donors (Lipinski definition) is 1. The van der Waals surface area contributed by atoms with E-state index in [-0.39, 0.29) is 30.2 Å². The number of halogens is 3. The van der Waals surface area contributed by atoms with E-state index in [2.05, 4.69) is 10.4 Å². The third-order valence-electron chi connectivity index (χ3n) is 3.35. The lowest BCUT2D eigenvalue weighted by atomic mass is 10.0. The fourth-order valence-corrected chi connectivity index (χ4v) is 3.67. The van der Waals surface area contributed by atoms with E-state index in [4.69, 9.17) is 0 Å². The summed E-state index contributed by atoms with van der Waals surface area (Å²) in [4.78, 5) is 11.9. The number of hydrogen-bond acceptors (Lipinski definition) is 4. The smallest absolute Gasteiger partial charge is 0.309 e. The molecule has 10 heteroatoms. The van der Waals surface area contributed by atoms with Crippen molar-refractivity contribution in [3.63, 3.8) is 0 Å². The molecular formula is C11H14F3N3O3S. The monoisotopic (exact) mass is 325 g/mol. The molecule has 0 aromatic carbocycles. The molecule has 1 aromatic rings. The van der Waals surface area contributed by atoms with Crippen molar-refractivity contribution in [3.05, 3.63) is 11.8 Å². The maximum absolute atomic E-state index is 12.6. The van der Waals surface area contributed by atoms with Crippen molar-refractivity contribution in [1.82, 2.24) is 9.78 Å². The van der Waals surface area contributed by atoms with E-state index in [1.54, 1.807) is 0 Å². The maximum atomic E-state index is 12.6. The molecule has 1 aromatic heterocycles. The second-order valence-electron chi connectivity index (χ2n) is 4.95. The molecule has 0 spiro atoms. The number of sulfone groups is 1. The summed E-state index contributed by atoms with van der Waals surface area (Å²) in [6.07, 6.45) is -4.20. The number of rotatable bonds is 2. The van der Waals surface area contributed by atoms with Gasteiger partial charge in [0.05, 0.1) is 11.5 Å². The number of aryl methyl sites for hydroxylation is 1. The minimum absolute atomic E-state index is 0.0822. The van der Waals surface area contributed by atoms with E-state index in [1.807, 2.05) is 0 Å². The molecule has 0 radical (unpaired) electrons. The van der Waals surface area contributed by atoms with Crippen molar-refractivity contribution in [1.29, 1.82) is 0 Å². The number of nitrogens with one attached hydrogen (secondary N) is 1. The average Bonchev–Trinajstić information content (AvgIpc) is 2.69. The highest BCUT2D eigenvalue weighted by Gasteiger charge is 2.35. The summed E-state index contributed by atoms with van der Waals surface area (Å²) in [7, 11) is -1.96. The van der Waals surface area contributed by atoms with E-state index >= 15 is 0 Å². The molecule has 0 bridgehead atoms. The van der Waals surface area contributed by atoms with E-state index in [1.165, 1.54) is 0 Å². The quantitative estimate of drug-likeness (QED) is 0.886. The van der Waals surface area contributed by atoms with Crippen LogP contribution in [0.4, 0.5) is 19.0 Å². The van der Waals surface area contributed by atoms with Crippen molar-refractivity contribution < 1.29 is 26.4 Å². The Kier molecular flexibility index (Phi) is 4.00. The summed E-state index contributed by atoms with van der Waals surface area (Å²) in [6, 6.07) is 0.747. The molecule has 1 saturated heterocycles. The van der Waals surface area contributed by atoms with Crippen LogP contribution in [0.15, 0.2) is 6.07 Å². The third-order valence-corrected chi connectivity index (χ3v) is 5.06. The van der Waals surface area contributed by atoms with Crippen molar-refractivity contribution in [3.8, 4) is 0 Å². The molecule has 2 heterocycles. The van der Waals surface area contributed by atoms with Crippen LogP contribution in [-0.4, -0.2) is 35.6 Å². The van der Waals surface area contributed by atoms with Gasteiger partial charge in [-0.05, 0) is 12.8 Å². The van der Waals surface area contributed by atoms with Gasteiger partial charge in [0.1, 0.15) is 15.5 Å². The van der Waals surface area contributed by atoms with Crippen molar-refractivity contribution >= 4 is 21.6 Å². The van der Waals surface area contributed by atoms with Crippen LogP contribution in [0.3, 0.4) is 0 Å². The largest absolute Gasteiger partial charge is 0.433 e. The average molecular weight is 325 g/mol. The van der Waals surface area contributed by atoms with Gasteiger partial charge in [0.2, 0.25) is 5.91 Å². The number of amides is 1. The minimum Gasteiger partial charge on any atom is -0.309 e. The standard InChI is InChI=1S/C11H14F3N3O3S/c1-17-8(11(12,13)14)6-9(16-17)15-10(18)7-2-4-21(19,20)5-3-7/h6-7H,2-5H2,1H3,(H,15,16,18). The van der Waals surface area contributed by atoms with E-state index < -0.39 is 33.5 Å². The SMILES string of the molecule is Cn1nc(NC(=O)C2CCS(=O)(=O)CC2)cc1C(F)(F)F. The highest BCUT2D eigenvalue weighted by molar-refractivity contribution is 7.91. The molecule has 1 aliphatic rings. The number of aromatic nitrogens is 2. The summed E-state index contributed by atoms with van der Waals surface area (Å²) in [6.45, 7) is 0. The molecule has 1 fully saturated rings. The first-order valence-electron chi connectivity index (χ1n) is 6.21. The van der Waals surface area contributed by atoms with Gasteiger partial charge in [-0.25, -0.2) is 8.42 Å². The number of anilines is 1. The van der Waals surface area contributed by atoms with Crippen LogP contribution >= 0.6 is 0 Å². The molecule has 1 amide bonds. The Labute approximate surface area is 119 Å². The Balaban J connectivity index is 2.04. The Morgan fingerprint density at radius 2 is 1.95 bits per heavy atom. The number of carbonyl (C=O) groups excluding carboxylic acids is 1. The van der Waals surface area contributed by atoms with Gasteiger partial charge in [-0.3, -0.25) is 9.48 Å². The first-order chi connectivity index (χ1) is 9.58. The lowest BCUT2D eigenvalue weighted by Crippen LogP contribution is -2.32. The van der Waals surface area contributed by atoms with Crippen LogP contribution in [0.1, 0.15) is 18.5 Å². The summed E-state index contributed by atoms with van der Waals surface area (Å²) >= 11 is 0. The zero-order chi connectivity index (χ0) is 15.8. The maximum Gasteiger partial charge on any atom is 0.433 e. The minimum atomic E-state index is -4.55. The van der Waals surface area contributed by atoms with Gasteiger partial charge in [-0.15, -0.1) is 0 Å². The predicted octanol–water partition coefficient (Wildman–Crippen LogP) is 1.20. The fourth-order valence-electron chi connectivity index (χ4n) is 2.17. The Morgan fingerprint density at radius 1 is 1.38 bits per heavy atom. The molecule has 2 rings (SSSR count). The molecule has 6 nitrogen and oxygen atoms in total. The van der Waals surface area contributed by atoms with Gasteiger partial charge in [-0.2, -0.15) is 18.3 Å². The van der Waals surface area contributed by atoms with Gasteiger partial charge < -0.3 is 5.32 Å². The highest BCUT2D eigenvalue weighted by Crippen LogP contribution is 2.30. The summed E-state index contributed by atoms with van der Waals surface area (Å²) in [5.74, 6) is -1.38. The van der Waals surface area contributed by atoms with Gasteiger partial charge in [-0.1, -0.05) is 0 Å². The van der Waals surface area contributed by atoms with Gasteiger partial charge in [0, 0.05) is 19.0 Å². The second kappa shape index (κ2) is 5.32. The molecule has 0 atom stereocenters. The first-order valence-corrected chi connectivity index (χ1v) is 8.03. The van der Waals surface area contributed by atoms with Crippen molar-refractivity contribution in [2.45, 2.75) is 19.0 Å². The van der Waals surface area contributed by atoms with Crippen LogP contribution in [0.25, 0.3) is 0 Å². The zero-order valence-corrected chi connectivity index (χ0v) is 12.0. The molecule has 118 valence electrons. The molecule has 0 aliphatic carbocycles. The number of nitrogens with zero attached hydrogens (tertiary/aromatic N) is 2. The Hall–Kier alpha value is -1.58. The predicted molar refractivity (Wildman–Crippen MR) is 68.2 cm³/mol. The van der Waals surface area contributed by atoms with Crippen LogP contribution in [-0.2, 0) is 27.9 Å². The zero-order valence-electron chi connectivity index (χ0n) is 11.1. The molecular weight excluding hydrogens is 311 g/mol. The Morgan fingerprint density at radius 3 is 2.43 bits per heavy atom. The molecule has 1 N–H and O–H groups in total. The molecule has 21 heavy (non-hydrogen) atoms. The summed E-state index contributed by atoms with van der Waals surface area (Å²) in [5.41, 5.74) is -0.968.